The number of hydrogen-bond acceptors (Lipinski definition) is 4. The van der Waals surface area contributed by atoms with Gasteiger partial charge in [-0.3, -0.25) is 9.59 Å². The van der Waals surface area contributed by atoms with Gasteiger partial charge in [0.1, 0.15) is 5.75 Å². The molecule has 1 aliphatic heterocycles. The van der Waals surface area contributed by atoms with E-state index in [2.05, 4.69) is 0 Å². The molecule has 1 aliphatic rings. The van der Waals surface area contributed by atoms with Crippen LogP contribution in [0.1, 0.15) is 21.5 Å². The highest BCUT2D eigenvalue weighted by Crippen LogP contribution is 2.37. The highest BCUT2D eigenvalue weighted by Gasteiger charge is 2.37. The van der Waals surface area contributed by atoms with Gasteiger partial charge in [0, 0.05) is 11.1 Å². The Bertz CT molecular complexity index is 1190. The molecule has 0 atom stereocenters. The van der Waals surface area contributed by atoms with Crippen molar-refractivity contribution in [2.75, 3.05) is 19.1 Å². The van der Waals surface area contributed by atoms with E-state index in [1.54, 1.807) is 60.7 Å². The number of carbonyl (C=O) groups is 2. The van der Waals surface area contributed by atoms with Gasteiger partial charge in [0.05, 0.1) is 19.9 Å². The first-order valence-electron chi connectivity index (χ1n) is 9.21. The molecule has 0 spiro atoms. The molecule has 2 amide bonds. The molecule has 150 valence electrons. The minimum Gasteiger partial charge on any atom is -0.495 e. The smallest absolute Gasteiger partial charge is 0.266 e. The van der Waals surface area contributed by atoms with Crippen LogP contribution >= 0.6 is 0 Å². The zero-order chi connectivity index (χ0) is 21.3. The number of carbonyl (C=O) groups excluding carboxylic acids is 2. The summed E-state index contributed by atoms with van der Waals surface area (Å²) in [6.45, 7) is 0. The Kier molecular flexibility index (Phi) is 5.06. The number of imide groups is 1. The van der Waals surface area contributed by atoms with Crippen molar-refractivity contribution < 1.29 is 23.5 Å². The summed E-state index contributed by atoms with van der Waals surface area (Å²) >= 11 is 0. The highest BCUT2D eigenvalue weighted by atomic mass is 19.1. The van der Waals surface area contributed by atoms with Gasteiger partial charge in [-0.1, -0.05) is 36.4 Å². The summed E-state index contributed by atoms with van der Waals surface area (Å²) in [5.74, 6) is -0.995. The summed E-state index contributed by atoms with van der Waals surface area (Å²) in [5.41, 5.74) is 1.97. The molecule has 1 heterocycles. The fourth-order valence-electron chi connectivity index (χ4n) is 3.46. The number of benzene rings is 3. The van der Waals surface area contributed by atoms with Crippen LogP contribution in [-0.4, -0.2) is 26.0 Å². The van der Waals surface area contributed by atoms with Crippen LogP contribution in [0, 0.1) is 5.82 Å². The van der Waals surface area contributed by atoms with Gasteiger partial charge in [-0.05, 0) is 47.5 Å². The number of nitrogens with zero attached hydrogens (tertiary/aromatic N) is 1. The maximum absolute atomic E-state index is 14.2. The number of hydrogen-bond donors (Lipinski definition) is 0. The number of ether oxygens (including phenoxy) is 2. The second-order valence-corrected chi connectivity index (χ2v) is 6.62. The van der Waals surface area contributed by atoms with Crippen LogP contribution in [0.2, 0.25) is 0 Å². The molecule has 30 heavy (non-hydrogen) atoms. The van der Waals surface area contributed by atoms with E-state index < -0.39 is 17.6 Å². The molecular weight excluding hydrogens is 385 g/mol. The number of anilines is 1. The Labute approximate surface area is 173 Å². The summed E-state index contributed by atoms with van der Waals surface area (Å²) in [4.78, 5) is 27.7. The highest BCUT2D eigenvalue weighted by molar-refractivity contribution is 6.43. The first-order valence-corrected chi connectivity index (χ1v) is 9.21. The third kappa shape index (κ3) is 3.22. The molecule has 0 saturated heterocycles. The van der Waals surface area contributed by atoms with E-state index in [0.717, 1.165) is 4.90 Å². The quantitative estimate of drug-likeness (QED) is 0.473. The first-order chi connectivity index (χ1) is 14.5. The van der Waals surface area contributed by atoms with E-state index in [4.69, 9.17) is 9.47 Å². The van der Waals surface area contributed by atoms with Gasteiger partial charge in [-0.25, -0.2) is 9.29 Å². The van der Waals surface area contributed by atoms with Crippen LogP contribution < -0.4 is 14.4 Å². The number of amides is 2. The van der Waals surface area contributed by atoms with Crippen molar-refractivity contribution in [3.8, 4) is 11.5 Å². The van der Waals surface area contributed by atoms with Gasteiger partial charge in [-0.15, -0.1) is 0 Å². The molecule has 0 saturated carbocycles. The predicted octanol–water partition coefficient (Wildman–Crippen LogP) is 4.57. The van der Waals surface area contributed by atoms with Crippen LogP contribution in [0.5, 0.6) is 11.5 Å². The molecule has 6 heteroatoms. The summed E-state index contributed by atoms with van der Waals surface area (Å²) in [7, 11) is 2.86. The third-order valence-corrected chi connectivity index (χ3v) is 4.90. The summed E-state index contributed by atoms with van der Waals surface area (Å²) < 4.78 is 24.5. The molecule has 3 aromatic rings. The van der Waals surface area contributed by atoms with Crippen molar-refractivity contribution >= 4 is 29.2 Å². The Hall–Kier alpha value is -3.93. The Morgan fingerprint density at radius 2 is 1.47 bits per heavy atom. The molecule has 0 fully saturated rings. The average Bonchev–Trinajstić information content (AvgIpc) is 2.77. The summed E-state index contributed by atoms with van der Waals surface area (Å²) in [5, 5.41) is 0. The van der Waals surface area contributed by atoms with Crippen LogP contribution in [0.3, 0.4) is 0 Å². The minimum atomic E-state index is -0.541. The van der Waals surface area contributed by atoms with Crippen molar-refractivity contribution in [3.63, 3.8) is 0 Å². The maximum Gasteiger partial charge on any atom is 0.266 e. The van der Waals surface area contributed by atoms with Crippen LogP contribution in [0.15, 0.2) is 66.7 Å². The molecule has 0 bridgehead atoms. The second kappa shape index (κ2) is 7.83. The van der Waals surface area contributed by atoms with Crippen molar-refractivity contribution in [1.82, 2.24) is 0 Å². The first kappa shape index (κ1) is 19.4. The molecule has 5 nitrogen and oxygen atoms in total. The monoisotopic (exact) mass is 403 g/mol. The molecular formula is C24H18FNO4. The lowest BCUT2D eigenvalue weighted by atomic mass is 9.91. The van der Waals surface area contributed by atoms with Gasteiger partial charge in [0.2, 0.25) is 0 Å². The number of para-hydroxylation sites is 2. The predicted molar refractivity (Wildman–Crippen MR) is 112 cm³/mol. The zero-order valence-corrected chi connectivity index (χ0v) is 16.4. The van der Waals surface area contributed by atoms with Crippen LogP contribution in [0.4, 0.5) is 10.1 Å². The number of halogens is 1. The molecule has 0 unspecified atom stereocenters. The van der Waals surface area contributed by atoms with E-state index in [1.165, 1.54) is 26.4 Å². The van der Waals surface area contributed by atoms with Gasteiger partial charge in [0.25, 0.3) is 11.8 Å². The maximum atomic E-state index is 14.2. The standard InChI is InChI=1S/C24H18FNO4/c1-29-21-12-11-15(14-19(21)25)13-18-16-7-3-4-8-17(16)23(27)26(24(18)28)20-9-5-6-10-22(20)30-2/h3-14H,1-2H3/b18-13+. The lowest BCUT2D eigenvalue weighted by Gasteiger charge is -2.29. The summed E-state index contributed by atoms with van der Waals surface area (Å²) in [6, 6.07) is 18.1. The molecule has 0 aromatic heterocycles. The molecule has 4 rings (SSSR count). The van der Waals surface area contributed by atoms with Crippen LogP contribution in [0.25, 0.3) is 11.6 Å². The largest absolute Gasteiger partial charge is 0.495 e. The fourth-order valence-corrected chi connectivity index (χ4v) is 3.46. The van der Waals surface area contributed by atoms with Gasteiger partial charge >= 0.3 is 0 Å². The number of rotatable bonds is 4. The van der Waals surface area contributed by atoms with E-state index >= 15 is 0 Å². The Balaban J connectivity index is 1.90. The van der Waals surface area contributed by atoms with Crippen LogP contribution in [-0.2, 0) is 4.79 Å². The number of fused-ring (bicyclic) bond motifs is 1. The van der Waals surface area contributed by atoms with Gasteiger partial charge in [0.15, 0.2) is 11.6 Å². The minimum absolute atomic E-state index is 0.110. The third-order valence-electron chi connectivity index (χ3n) is 4.90. The topological polar surface area (TPSA) is 55.8 Å². The van der Waals surface area contributed by atoms with Crippen molar-refractivity contribution in [2.24, 2.45) is 0 Å². The number of methoxy groups -OCH3 is 2. The zero-order valence-electron chi connectivity index (χ0n) is 16.4. The normalized spacial score (nSPS) is 14.6. The lowest BCUT2D eigenvalue weighted by Crippen LogP contribution is -2.42. The van der Waals surface area contributed by atoms with Crippen molar-refractivity contribution in [2.45, 2.75) is 0 Å². The SMILES string of the molecule is COc1ccc(/C=C2/C(=O)N(c3ccccc3OC)C(=O)c3ccccc32)cc1F. The fraction of sp³-hybridized carbons (Fsp3) is 0.0833. The second-order valence-electron chi connectivity index (χ2n) is 6.62. The van der Waals surface area contributed by atoms with E-state index in [9.17, 15) is 14.0 Å². The molecule has 0 N–H and O–H groups in total. The average molecular weight is 403 g/mol. The molecule has 0 radical (unpaired) electrons. The lowest BCUT2D eigenvalue weighted by molar-refractivity contribution is -0.112. The van der Waals surface area contributed by atoms with Gasteiger partial charge in [-0.2, -0.15) is 0 Å². The van der Waals surface area contributed by atoms with E-state index in [1.807, 2.05) is 0 Å². The molecule has 3 aromatic carbocycles. The Morgan fingerprint density at radius 1 is 0.800 bits per heavy atom. The molecule has 0 aliphatic carbocycles. The summed E-state index contributed by atoms with van der Waals surface area (Å²) in [6.07, 6.45) is 1.57. The Morgan fingerprint density at radius 3 is 2.17 bits per heavy atom. The van der Waals surface area contributed by atoms with E-state index in [0.29, 0.717) is 28.1 Å². The van der Waals surface area contributed by atoms with Gasteiger partial charge < -0.3 is 9.47 Å². The van der Waals surface area contributed by atoms with E-state index in [-0.39, 0.29) is 11.3 Å². The van der Waals surface area contributed by atoms with Crippen molar-refractivity contribution in [1.29, 1.82) is 0 Å². The van der Waals surface area contributed by atoms with Crippen molar-refractivity contribution in [3.05, 3.63) is 89.2 Å².